The van der Waals surface area contributed by atoms with Crippen LogP contribution in [0.4, 0.5) is 0 Å². The van der Waals surface area contributed by atoms with Crippen molar-refractivity contribution < 1.29 is 0 Å². The van der Waals surface area contributed by atoms with Gasteiger partial charge in [-0.25, -0.2) is 0 Å². The first-order valence-corrected chi connectivity index (χ1v) is 39.2. The fraction of sp³-hybridized carbons (Fsp3) is 0.365. The van der Waals surface area contributed by atoms with Gasteiger partial charge in [0.15, 0.2) is 0 Å². The summed E-state index contributed by atoms with van der Waals surface area (Å²) in [6.07, 6.45) is 8.22. The smallest absolute Gasteiger partial charge is 0.00939 e. The Morgan fingerprint density at radius 2 is 0.490 bits per heavy atom. The summed E-state index contributed by atoms with van der Waals surface area (Å²) in [5, 5.41) is 16.2. The van der Waals surface area contributed by atoms with E-state index in [1.807, 2.05) is 0 Å². The van der Waals surface area contributed by atoms with Gasteiger partial charge in [-0.05, 0) is 225 Å². The second-order valence-corrected chi connectivity index (χ2v) is 33.8. The Bertz CT molecular complexity index is 4760. The highest BCUT2D eigenvalue weighted by Crippen LogP contribution is 2.40. The van der Waals surface area contributed by atoms with Crippen LogP contribution >= 0.6 is 0 Å². The topological polar surface area (TPSA) is 0 Å². The van der Waals surface area contributed by atoms with Crippen LogP contribution in [0.15, 0.2) is 267 Å². The van der Waals surface area contributed by atoms with Gasteiger partial charge < -0.3 is 0 Å². The molecular weight excluding hydrogens is 1250 g/mol. The molecule has 0 aliphatic carbocycles. The van der Waals surface area contributed by atoms with Crippen molar-refractivity contribution in [3.05, 3.63) is 323 Å². The predicted octanol–water partition coefficient (Wildman–Crippen LogP) is 31.5. The number of aryl methyl sites for hydroxylation is 3. The maximum atomic E-state index is 2.35. The Morgan fingerprint density at radius 1 is 0.183 bits per heavy atom. The van der Waals surface area contributed by atoms with Gasteiger partial charge in [-0.1, -0.05) is 411 Å². The molecule has 0 amide bonds. The Morgan fingerprint density at radius 3 is 0.962 bits per heavy atom. The lowest BCUT2D eigenvalue weighted by atomic mass is 9.77. The van der Waals surface area contributed by atoms with Gasteiger partial charge in [-0.15, -0.1) is 0 Å². The summed E-state index contributed by atoms with van der Waals surface area (Å²) < 4.78 is 0. The van der Waals surface area contributed by atoms with Gasteiger partial charge in [0.25, 0.3) is 0 Å². The predicted molar refractivity (Wildman–Crippen MR) is 468 cm³/mol. The first kappa shape index (κ1) is 82.7. The lowest BCUT2D eigenvalue weighted by Gasteiger charge is -2.27. The normalized spacial score (nSPS) is 11.9. The van der Waals surface area contributed by atoms with Gasteiger partial charge in [0, 0.05) is 0 Å². The molecule has 0 atom stereocenters. The van der Waals surface area contributed by atoms with Crippen molar-refractivity contribution in [1.29, 1.82) is 0 Å². The van der Waals surface area contributed by atoms with Crippen molar-refractivity contribution in [2.45, 2.75) is 249 Å². The summed E-state index contributed by atoms with van der Waals surface area (Å²) >= 11 is 0. The summed E-state index contributed by atoms with van der Waals surface area (Å²) in [7, 11) is 0. The molecule has 13 aromatic carbocycles. The molecular formula is C104H130. The number of fused-ring (bicyclic) bond motifs is 6. The molecule has 13 rings (SSSR count). The summed E-state index contributed by atoms with van der Waals surface area (Å²) in [4.78, 5) is 0. The Labute approximate surface area is 632 Å². The fourth-order valence-corrected chi connectivity index (χ4v) is 13.2. The van der Waals surface area contributed by atoms with Gasteiger partial charge in [0.05, 0.1) is 0 Å². The molecule has 104 heavy (non-hydrogen) atoms. The standard InChI is InChI=1S/2C19H20.2C15H18.C13H20.C12H18.C11H16/c1-4-19(2,3)18-16-11-7-5-9-14(16)13-15-10-6-8-12-17(15)18;1-4-19(2,3)18-10-9-16-11-14-7-5-6-8-15(14)12-17(16)13-18;1-4-15(2,3)14-11-7-9-12-8-5-6-10-13(12)14;1-4-15(2,3)14-10-9-12-7-5-6-8-13(12)11-14;1-6-13(4,5)12-8-10(2)7-11(3)9-12;1-5-12(3,4)11-8-6-7-10(2)9-11;1-4-11(2,3)10-8-6-5-7-9-10/h2*5-13H,4H2,1-3H3;2*5-11H,4H2,1-3H3;7-9H,6H2,1-5H3;6-9H,5H2,1-4H3;5-9H,4H2,1-3H3. The van der Waals surface area contributed by atoms with Gasteiger partial charge in [0.1, 0.15) is 0 Å². The monoisotopic (exact) mass is 1380 g/mol. The van der Waals surface area contributed by atoms with E-state index in [4.69, 9.17) is 0 Å². The van der Waals surface area contributed by atoms with Crippen LogP contribution in [0.3, 0.4) is 0 Å². The average molecular weight is 1380 g/mol. The van der Waals surface area contributed by atoms with E-state index in [2.05, 4.69) is 433 Å². The molecule has 0 unspecified atom stereocenters. The van der Waals surface area contributed by atoms with Gasteiger partial charge in [-0.2, -0.15) is 0 Å². The lowest BCUT2D eigenvalue weighted by molar-refractivity contribution is 0.505. The Kier molecular flexibility index (Phi) is 29.0. The maximum absolute atomic E-state index is 2.35. The van der Waals surface area contributed by atoms with Crippen LogP contribution in [0.2, 0.25) is 0 Å². The second kappa shape index (κ2) is 36.4. The number of hydrogen-bond acceptors (Lipinski definition) is 0. The molecule has 13 aromatic rings. The molecule has 0 aromatic heterocycles. The van der Waals surface area contributed by atoms with Gasteiger partial charge >= 0.3 is 0 Å². The quantitative estimate of drug-likeness (QED) is 0.0952. The molecule has 0 N–H and O–H groups in total. The number of hydrogen-bond donors (Lipinski definition) is 0. The summed E-state index contributed by atoms with van der Waals surface area (Å²) in [5.74, 6) is 0. The van der Waals surface area contributed by atoms with E-state index in [1.54, 1.807) is 0 Å². The minimum absolute atomic E-state index is 0.195. The van der Waals surface area contributed by atoms with Crippen LogP contribution in [-0.4, -0.2) is 0 Å². The van der Waals surface area contributed by atoms with Crippen LogP contribution in [0.25, 0.3) is 64.6 Å². The SMILES string of the molecule is CCC(C)(C)c1c2ccccc2cc2ccccc12.CCC(C)(C)c1cc(C)cc(C)c1.CCC(C)(C)c1ccc2cc3ccccc3cc2c1.CCC(C)(C)c1ccc2ccccc2c1.CCC(C)(C)c1cccc(C)c1.CCC(C)(C)c1cccc2ccccc12.CCC(C)(C)c1ccccc1. The zero-order valence-corrected chi connectivity index (χ0v) is 68.9. The fourth-order valence-electron chi connectivity index (χ4n) is 13.2. The third-order valence-corrected chi connectivity index (χ3v) is 23.5. The minimum Gasteiger partial charge on any atom is -0.0646 e. The van der Waals surface area contributed by atoms with Crippen molar-refractivity contribution in [2.75, 3.05) is 0 Å². The second-order valence-electron chi connectivity index (χ2n) is 33.8. The summed E-state index contributed by atoms with van der Waals surface area (Å²) in [5.41, 5.74) is 16.2. The average Bonchev–Trinajstić information content (AvgIpc) is 0.754. The zero-order chi connectivity index (χ0) is 76.3. The van der Waals surface area contributed by atoms with E-state index in [-0.39, 0.29) is 21.7 Å². The van der Waals surface area contributed by atoms with Crippen LogP contribution in [0, 0.1) is 20.8 Å². The number of benzene rings is 13. The molecule has 0 saturated heterocycles. The molecule has 0 nitrogen and oxygen atoms in total. The van der Waals surface area contributed by atoms with Crippen molar-refractivity contribution in [1.82, 2.24) is 0 Å². The molecule has 0 fully saturated rings. The molecule has 0 radical (unpaired) electrons. The third-order valence-electron chi connectivity index (χ3n) is 23.5. The van der Waals surface area contributed by atoms with Crippen molar-refractivity contribution in [2.24, 2.45) is 0 Å². The molecule has 0 heterocycles. The first-order valence-electron chi connectivity index (χ1n) is 39.2. The molecule has 0 heteroatoms. The molecule has 0 saturated carbocycles. The Hall–Kier alpha value is -8.58. The van der Waals surface area contributed by atoms with Crippen LogP contribution < -0.4 is 0 Å². The van der Waals surface area contributed by atoms with E-state index in [1.165, 1.54) is 152 Å². The van der Waals surface area contributed by atoms with Gasteiger partial charge in [-0.3, -0.25) is 0 Å². The third kappa shape index (κ3) is 21.8. The highest BCUT2D eigenvalue weighted by atomic mass is 14.3. The van der Waals surface area contributed by atoms with Gasteiger partial charge in [0.2, 0.25) is 0 Å². The van der Waals surface area contributed by atoms with Crippen LogP contribution in [0.1, 0.15) is 246 Å². The van der Waals surface area contributed by atoms with E-state index in [0.29, 0.717) is 16.2 Å². The largest absolute Gasteiger partial charge is 0.0646 e. The molecule has 0 spiro atoms. The summed E-state index contributed by atoms with van der Waals surface area (Å²) in [6.45, 7) is 54.5. The van der Waals surface area contributed by atoms with Crippen LogP contribution in [-0.2, 0) is 37.9 Å². The maximum Gasteiger partial charge on any atom is -0.00939 e. The lowest BCUT2D eigenvalue weighted by Crippen LogP contribution is -2.16. The van der Waals surface area contributed by atoms with Crippen molar-refractivity contribution in [3.63, 3.8) is 0 Å². The van der Waals surface area contributed by atoms with Crippen LogP contribution in [0.5, 0.6) is 0 Å². The molecule has 0 aliphatic rings. The molecule has 0 bridgehead atoms. The highest BCUT2D eigenvalue weighted by Gasteiger charge is 2.25. The molecule has 546 valence electrons. The van der Waals surface area contributed by atoms with Crippen molar-refractivity contribution >= 4 is 64.6 Å². The van der Waals surface area contributed by atoms with E-state index in [9.17, 15) is 0 Å². The van der Waals surface area contributed by atoms with E-state index >= 15 is 0 Å². The summed E-state index contributed by atoms with van der Waals surface area (Å²) in [6, 6.07) is 96.7. The van der Waals surface area contributed by atoms with Crippen molar-refractivity contribution in [3.8, 4) is 0 Å². The highest BCUT2D eigenvalue weighted by molar-refractivity contribution is 6.03. The first-order chi connectivity index (χ1) is 49.2. The van der Waals surface area contributed by atoms with E-state index < -0.39 is 0 Å². The minimum atomic E-state index is 0.195. The zero-order valence-electron chi connectivity index (χ0n) is 68.9. The van der Waals surface area contributed by atoms with E-state index in [0.717, 1.165) is 12.8 Å². The number of rotatable bonds is 14. The Balaban J connectivity index is 0.000000171. The molecule has 0 aliphatic heterocycles.